The van der Waals surface area contributed by atoms with E-state index in [0.29, 0.717) is 10.8 Å². The molecule has 0 saturated carbocycles. The maximum absolute atomic E-state index is 12.7. The van der Waals surface area contributed by atoms with Crippen LogP contribution < -0.4 is 5.32 Å². The van der Waals surface area contributed by atoms with Gasteiger partial charge in [-0.1, -0.05) is 12.1 Å². The predicted octanol–water partition coefficient (Wildman–Crippen LogP) is 3.38. The normalized spacial score (nSPS) is 11.3. The summed E-state index contributed by atoms with van der Waals surface area (Å²) in [5.41, 5.74) is -0.377. The Balaban J connectivity index is 1.98. The van der Waals surface area contributed by atoms with Gasteiger partial charge in [0, 0.05) is 23.2 Å². The fourth-order valence-electron chi connectivity index (χ4n) is 1.83. The highest BCUT2D eigenvalue weighted by molar-refractivity contribution is 7.99. The van der Waals surface area contributed by atoms with E-state index in [1.807, 2.05) is 0 Å². The quantitative estimate of drug-likeness (QED) is 0.709. The second-order valence-corrected chi connectivity index (χ2v) is 6.78. The van der Waals surface area contributed by atoms with Gasteiger partial charge in [0.2, 0.25) is 0 Å². The first-order valence-electron chi connectivity index (χ1n) is 6.98. The zero-order valence-corrected chi connectivity index (χ0v) is 14.3. The lowest BCUT2D eigenvalue weighted by Crippen LogP contribution is -2.26. The third kappa shape index (κ3) is 5.75. The zero-order valence-electron chi connectivity index (χ0n) is 12.7. The molecule has 2 N–H and O–H groups in total. The third-order valence-corrected chi connectivity index (χ3v) is 4.77. The van der Waals surface area contributed by atoms with Gasteiger partial charge in [0.15, 0.2) is 0 Å². The van der Waals surface area contributed by atoms with Crippen LogP contribution in [0.2, 0.25) is 0 Å². The summed E-state index contributed by atoms with van der Waals surface area (Å²) in [5, 5.41) is 12.9. The average Bonchev–Trinajstić information content (AvgIpc) is 3.03. The molecule has 1 heterocycles. The summed E-state index contributed by atoms with van der Waals surface area (Å²) in [5.74, 6) is -0.999. The lowest BCUT2D eigenvalue weighted by Gasteiger charge is -2.07. The van der Waals surface area contributed by atoms with E-state index >= 15 is 0 Å². The topological polar surface area (TPSA) is 79.3 Å². The zero-order chi connectivity index (χ0) is 18.4. The molecule has 0 unspecified atom stereocenters. The molecule has 25 heavy (non-hydrogen) atoms. The van der Waals surface area contributed by atoms with E-state index in [1.54, 1.807) is 0 Å². The summed E-state index contributed by atoms with van der Waals surface area (Å²) in [4.78, 5) is 26.4. The van der Waals surface area contributed by atoms with Gasteiger partial charge in [-0.05, 0) is 12.1 Å². The van der Waals surface area contributed by atoms with Crippen molar-refractivity contribution in [1.82, 2.24) is 10.3 Å². The van der Waals surface area contributed by atoms with Crippen LogP contribution in [-0.2, 0) is 11.0 Å². The molecule has 0 aliphatic heterocycles. The Bertz CT molecular complexity index is 762. The molecule has 0 radical (unpaired) electrons. The van der Waals surface area contributed by atoms with Gasteiger partial charge in [-0.15, -0.1) is 23.1 Å². The number of halogens is 3. The number of alkyl halides is 3. The number of aliphatic carboxylic acids is 1. The molecule has 0 bridgehead atoms. The van der Waals surface area contributed by atoms with Crippen molar-refractivity contribution in [2.75, 3.05) is 18.1 Å². The van der Waals surface area contributed by atoms with Gasteiger partial charge < -0.3 is 10.4 Å². The molecule has 1 aromatic heterocycles. The lowest BCUT2D eigenvalue weighted by molar-refractivity contribution is -0.137. The van der Waals surface area contributed by atoms with Crippen LogP contribution in [0.1, 0.15) is 16.1 Å². The fraction of sp³-hybridized carbons (Fsp3) is 0.267. The maximum Gasteiger partial charge on any atom is 0.416 e. The maximum atomic E-state index is 12.7. The molecule has 5 nitrogen and oxygen atoms in total. The van der Waals surface area contributed by atoms with E-state index in [4.69, 9.17) is 5.11 Å². The molecule has 0 spiro atoms. The van der Waals surface area contributed by atoms with Crippen LogP contribution in [0.4, 0.5) is 13.2 Å². The molecule has 0 aliphatic rings. The number of aromatic nitrogens is 1. The molecule has 2 aromatic rings. The summed E-state index contributed by atoms with van der Waals surface area (Å²) in [6.45, 7) is 0.271. The Hall–Kier alpha value is -2.07. The molecule has 134 valence electrons. The first-order valence-corrected chi connectivity index (χ1v) is 9.01. The highest BCUT2D eigenvalue weighted by Gasteiger charge is 2.30. The summed E-state index contributed by atoms with van der Waals surface area (Å²) >= 11 is 2.24. The summed E-state index contributed by atoms with van der Waals surface area (Å²) in [6.07, 6.45) is -4.44. The van der Waals surface area contributed by atoms with Crippen molar-refractivity contribution in [2.45, 2.75) is 6.18 Å². The van der Waals surface area contributed by atoms with Crippen LogP contribution in [0.3, 0.4) is 0 Å². The molecule has 2 rings (SSSR count). The highest BCUT2D eigenvalue weighted by atomic mass is 32.2. The molecular formula is C15H13F3N2O3S2. The molecule has 1 amide bonds. The average molecular weight is 390 g/mol. The second-order valence-electron chi connectivity index (χ2n) is 4.82. The second kappa shape index (κ2) is 8.34. The third-order valence-electron chi connectivity index (χ3n) is 2.93. The Labute approximate surface area is 149 Å². The van der Waals surface area contributed by atoms with Gasteiger partial charge in [0.1, 0.15) is 10.7 Å². The molecular weight excluding hydrogens is 377 g/mol. The van der Waals surface area contributed by atoms with Crippen molar-refractivity contribution in [3.63, 3.8) is 0 Å². The molecule has 1 aromatic carbocycles. The van der Waals surface area contributed by atoms with Crippen molar-refractivity contribution in [3.8, 4) is 10.6 Å². The number of carboxylic acids is 1. The SMILES string of the molecule is O=C(O)CSCCNC(=O)c1csc(-c2cccc(C(F)(F)F)c2)n1. The minimum absolute atomic E-state index is 0.0493. The van der Waals surface area contributed by atoms with Crippen molar-refractivity contribution >= 4 is 35.0 Å². The minimum atomic E-state index is -4.44. The van der Waals surface area contributed by atoms with Gasteiger partial charge in [-0.2, -0.15) is 13.2 Å². The lowest BCUT2D eigenvalue weighted by atomic mass is 10.1. The molecule has 10 heteroatoms. The Morgan fingerprint density at radius 3 is 2.76 bits per heavy atom. The molecule has 0 fully saturated rings. The number of carbonyl (C=O) groups is 2. The van der Waals surface area contributed by atoms with Crippen LogP contribution in [0, 0.1) is 0 Å². The summed E-state index contributed by atoms with van der Waals surface area (Å²) in [6, 6.07) is 4.75. The Morgan fingerprint density at radius 1 is 1.32 bits per heavy atom. The number of benzene rings is 1. The van der Waals surface area contributed by atoms with Crippen molar-refractivity contribution in [3.05, 3.63) is 40.9 Å². The number of thiazole rings is 1. The van der Waals surface area contributed by atoms with Gasteiger partial charge in [0.25, 0.3) is 5.91 Å². The van der Waals surface area contributed by atoms with Gasteiger partial charge in [-0.3, -0.25) is 9.59 Å². The number of nitrogens with one attached hydrogen (secondary N) is 1. The minimum Gasteiger partial charge on any atom is -0.481 e. The predicted molar refractivity (Wildman–Crippen MR) is 89.8 cm³/mol. The number of thioether (sulfide) groups is 1. The van der Waals surface area contributed by atoms with E-state index in [2.05, 4.69) is 10.3 Å². The number of hydrogen-bond acceptors (Lipinski definition) is 5. The van der Waals surface area contributed by atoms with Crippen molar-refractivity contribution < 1.29 is 27.9 Å². The van der Waals surface area contributed by atoms with Crippen molar-refractivity contribution in [1.29, 1.82) is 0 Å². The van der Waals surface area contributed by atoms with Crippen LogP contribution in [0.25, 0.3) is 10.6 Å². The van der Waals surface area contributed by atoms with E-state index in [-0.39, 0.29) is 23.6 Å². The van der Waals surface area contributed by atoms with Gasteiger partial charge in [0.05, 0.1) is 11.3 Å². The number of carbonyl (C=O) groups excluding carboxylic acids is 1. The summed E-state index contributed by atoms with van der Waals surface area (Å²) in [7, 11) is 0. The van der Waals surface area contributed by atoms with Crippen LogP contribution >= 0.6 is 23.1 Å². The van der Waals surface area contributed by atoms with Gasteiger partial charge >= 0.3 is 12.1 Å². The largest absolute Gasteiger partial charge is 0.481 e. The van der Waals surface area contributed by atoms with E-state index in [1.165, 1.54) is 29.3 Å². The highest BCUT2D eigenvalue weighted by Crippen LogP contribution is 2.33. The standard InChI is InChI=1S/C15H13F3N2O3S2/c16-15(17,18)10-3-1-2-9(6-10)14-20-11(7-25-14)13(23)19-4-5-24-8-12(21)22/h1-3,6-7H,4-5,8H2,(H,19,23)(H,21,22). The monoisotopic (exact) mass is 390 g/mol. The molecule has 0 atom stereocenters. The van der Waals surface area contributed by atoms with Crippen LogP contribution in [0.5, 0.6) is 0 Å². The smallest absolute Gasteiger partial charge is 0.416 e. The molecule has 0 saturated heterocycles. The number of carboxylic acid groups (broad SMARTS) is 1. The van der Waals surface area contributed by atoms with Crippen LogP contribution in [0.15, 0.2) is 29.6 Å². The number of hydrogen-bond donors (Lipinski definition) is 2. The van der Waals surface area contributed by atoms with E-state index < -0.39 is 23.6 Å². The molecule has 0 aliphatic carbocycles. The van der Waals surface area contributed by atoms with E-state index in [9.17, 15) is 22.8 Å². The number of nitrogens with zero attached hydrogens (tertiary/aromatic N) is 1. The Kier molecular flexibility index (Phi) is 6.43. The summed E-state index contributed by atoms with van der Waals surface area (Å²) < 4.78 is 38.2. The fourth-order valence-corrected chi connectivity index (χ4v) is 3.19. The van der Waals surface area contributed by atoms with Crippen LogP contribution in [-0.4, -0.2) is 40.0 Å². The number of amides is 1. The Morgan fingerprint density at radius 2 is 2.08 bits per heavy atom. The number of rotatable bonds is 7. The van der Waals surface area contributed by atoms with E-state index in [0.717, 1.165) is 23.5 Å². The van der Waals surface area contributed by atoms with Crippen molar-refractivity contribution in [2.24, 2.45) is 0 Å². The first-order chi connectivity index (χ1) is 11.8. The van der Waals surface area contributed by atoms with Gasteiger partial charge in [-0.25, -0.2) is 4.98 Å². The first kappa shape index (κ1) is 19.3.